The highest BCUT2D eigenvalue weighted by atomic mass is 19.4. The largest absolute Gasteiger partial charge is 0.390 e. The summed E-state index contributed by atoms with van der Waals surface area (Å²) >= 11 is 0. The number of hydrogen-bond donors (Lipinski definition) is 1. The molecule has 0 fully saturated rings. The van der Waals surface area contributed by atoms with Crippen molar-refractivity contribution in [2.75, 3.05) is 25.0 Å². The van der Waals surface area contributed by atoms with E-state index in [2.05, 4.69) is 19.2 Å². The van der Waals surface area contributed by atoms with Crippen LogP contribution in [0.5, 0.6) is 0 Å². The van der Waals surface area contributed by atoms with Crippen molar-refractivity contribution in [2.24, 2.45) is 5.92 Å². The Bertz CT molecular complexity index is 444. The molecule has 0 saturated carbocycles. The van der Waals surface area contributed by atoms with Crippen molar-refractivity contribution in [3.8, 4) is 0 Å². The van der Waals surface area contributed by atoms with Gasteiger partial charge in [0.1, 0.15) is 5.82 Å². The molecule has 1 rings (SSSR count). The normalized spacial score (nSPS) is 12.0. The summed E-state index contributed by atoms with van der Waals surface area (Å²) in [5.74, 6) is 0.0642. The molecular formula is C15H22F4N2. The Morgan fingerprint density at radius 3 is 2.48 bits per heavy atom. The van der Waals surface area contributed by atoms with Crippen LogP contribution in [0.15, 0.2) is 18.2 Å². The van der Waals surface area contributed by atoms with E-state index in [1.54, 1.807) is 7.05 Å². The summed E-state index contributed by atoms with van der Waals surface area (Å²) in [6.07, 6.45) is -5.08. The van der Waals surface area contributed by atoms with E-state index in [4.69, 9.17) is 0 Å². The predicted molar refractivity (Wildman–Crippen MR) is 76.9 cm³/mol. The van der Waals surface area contributed by atoms with Crippen molar-refractivity contribution < 1.29 is 17.6 Å². The lowest BCUT2D eigenvalue weighted by Gasteiger charge is -2.23. The van der Waals surface area contributed by atoms with E-state index in [-0.39, 0.29) is 12.4 Å². The second-order valence-electron chi connectivity index (χ2n) is 5.58. The third-order valence-electron chi connectivity index (χ3n) is 3.05. The zero-order chi connectivity index (χ0) is 16.0. The quantitative estimate of drug-likeness (QED) is 0.767. The molecule has 0 aliphatic rings. The fourth-order valence-electron chi connectivity index (χ4n) is 1.98. The minimum absolute atomic E-state index is 0.147. The predicted octanol–water partition coefficient (Wildman–Crippen LogP) is 3.96. The first-order valence-corrected chi connectivity index (χ1v) is 6.96. The van der Waals surface area contributed by atoms with Crippen LogP contribution in [0.4, 0.5) is 23.2 Å². The topological polar surface area (TPSA) is 15.3 Å². The van der Waals surface area contributed by atoms with Crippen LogP contribution >= 0.6 is 0 Å². The van der Waals surface area contributed by atoms with Crippen LogP contribution in [-0.2, 0) is 6.54 Å². The molecule has 0 heterocycles. The number of nitrogens with zero attached hydrogens (tertiary/aromatic N) is 1. The van der Waals surface area contributed by atoms with Gasteiger partial charge in [-0.3, -0.25) is 0 Å². The molecule has 0 aliphatic heterocycles. The Morgan fingerprint density at radius 2 is 1.90 bits per heavy atom. The van der Waals surface area contributed by atoms with Crippen molar-refractivity contribution in [3.63, 3.8) is 0 Å². The Hall–Kier alpha value is -1.30. The summed E-state index contributed by atoms with van der Waals surface area (Å²) in [7, 11) is 1.59. The van der Waals surface area contributed by atoms with Gasteiger partial charge in [0.2, 0.25) is 0 Å². The van der Waals surface area contributed by atoms with Gasteiger partial charge >= 0.3 is 6.18 Å². The van der Waals surface area contributed by atoms with E-state index in [1.165, 1.54) is 23.1 Å². The van der Waals surface area contributed by atoms with Crippen molar-refractivity contribution in [1.29, 1.82) is 0 Å². The molecule has 0 unspecified atom stereocenters. The molecule has 0 bridgehead atoms. The monoisotopic (exact) mass is 306 g/mol. The average molecular weight is 306 g/mol. The summed E-state index contributed by atoms with van der Waals surface area (Å²) in [6, 6.07) is 4.16. The molecule has 1 N–H and O–H groups in total. The Morgan fingerprint density at radius 1 is 1.24 bits per heavy atom. The summed E-state index contributed by atoms with van der Waals surface area (Å²) < 4.78 is 50.2. The van der Waals surface area contributed by atoms with Gasteiger partial charge in [-0.15, -0.1) is 0 Å². The number of hydrogen-bond acceptors (Lipinski definition) is 2. The maximum Gasteiger partial charge on any atom is 0.390 e. The van der Waals surface area contributed by atoms with E-state index in [0.29, 0.717) is 23.7 Å². The summed E-state index contributed by atoms with van der Waals surface area (Å²) in [4.78, 5) is 1.51. The standard InChI is InChI=1S/C15H22F4N2/c1-11(2)9-20-10-12-8-13(16)4-5-14(12)21(3)7-6-15(17,18)19/h4-5,8,11,20H,6-7,9-10H2,1-3H3. The molecule has 0 spiro atoms. The third kappa shape index (κ3) is 6.80. The van der Waals surface area contributed by atoms with Crippen molar-refractivity contribution in [3.05, 3.63) is 29.6 Å². The SMILES string of the molecule is CC(C)CNCc1cc(F)ccc1N(C)CCC(F)(F)F. The maximum atomic E-state index is 13.3. The molecule has 1 aromatic carbocycles. The second-order valence-corrected chi connectivity index (χ2v) is 5.58. The van der Waals surface area contributed by atoms with Crippen molar-refractivity contribution in [1.82, 2.24) is 5.32 Å². The van der Waals surface area contributed by atoms with E-state index >= 15 is 0 Å². The highest BCUT2D eigenvalue weighted by molar-refractivity contribution is 5.53. The zero-order valence-electron chi connectivity index (χ0n) is 12.6. The Balaban J connectivity index is 2.75. The minimum atomic E-state index is -4.19. The van der Waals surface area contributed by atoms with E-state index in [0.717, 1.165) is 6.54 Å². The molecule has 0 radical (unpaired) electrons. The van der Waals surface area contributed by atoms with Crippen LogP contribution in [0.3, 0.4) is 0 Å². The number of benzene rings is 1. The zero-order valence-corrected chi connectivity index (χ0v) is 12.6. The molecule has 6 heteroatoms. The molecule has 0 atom stereocenters. The van der Waals surface area contributed by atoms with Gasteiger partial charge in [0.15, 0.2) is 0 Å². The van der Waals surface area contributed by atoms with Crippen LogP contribution in [0, 0.1) is 11.7 Å². The molecule has 2 nitrogen and oxygen atoms in total. The van der Waals surface area contributed by atoms with Crippen LogP contribution in [0.1, 0.15) is 25.8 Å². The van der Waals surface area contributed by atoms with Gasteiger partial charge in [-0.1, -0.05) is 13.8 Å². The summed E-state index contributed by atoms with van der Waals surface area (Å²) in [5.41, 5.74) is 1.29. The first-order chi connectivity index (χ1) is 9.69. The summed E-state index contributed by atoms with van der Waals surface area (Å²) in [5, 5.41) is 3.18. The number of anilines is 1. The fourth-order valence-corrected chi connectivity index (χ4v) is 1.98. The van der Waals surface area contributed by atoms with Gasteiger partial charge in [0.05, 0.1) is 6.42 Å². The molecular weight excluding hydrogens is 284 g/mol. The molecule has 0 aliphatic carbocycles. The van der Waals surface area contributed by atoms with Gasteiger partial charge in [-0.25, -0.2) is 4.39 Å². The number of halogens is 4. The van der Waals surface area contributed by atoms with Crippen LogP contribution < -0.4 is 10.2 Å². The molecule has 0 saturated heterocycles. The third-order valence-corrected chi connectivity index (χ3v) is 3.05. The maximum absolute atomic E-state index is 13.3. The fraction of sp³-hybridized carbons (Fsp3) is 0.600. The molecule has 0 aromatic heterocycles. The Kier molecular flexibility index (Phi) is 6.45. The highest BCUT2D eigenvalue weighted by Crippen LogP contribution is 2.24. The Labute approximate surface area is 123 Å². The molecule has 21 heavy (non-hydrogen) atoms. The van der Waals surface area contributed by atoms with E-state index < -0.39 is 12.6 Å². The van der Waals surface area contributed by atoms with Gasteiger partial charge in [0.25, 0.3) is 0 Å². The molecule has 0 amide bonds. The van der Waals surface area contributed by atoms with Crippen LogP contribution in [0.25, 0.3) is 0 Å². The van der Waals surface area contributed by atoms with Gasteiger partial charge < -0.3 is 10.2 Å². The first kappa shape index (κ1) is 17.8. The van der Waals surface area contributed by atoms with Gasteiger partial charge in [-0.2, -0.15) is 13.2 Å². The first-order valence-electron chi connectivity index (χ1n) is 6.96. The van der Waals surface area contributed by atoms with E-state index in [9.17, 15) is 17.6 Å². The van der Waals surface area contributed by atoms with Crippen LogP contribution in [0.2, 0.25) is 0 Å². The highest BCUT2D eigenvalue weighted by Gasteiger charge is 2.27. The minimum Gasteiger partial charge on any atom is -0.374 e. The van der Waals surface area contributed by atoms with Gasteiger partial charge in [-0.05, 0) is 36.2 Å². The number of nitrogens with one attached hydrogen (secondary N) is 1. The number of alkyl halides is 3. The van der Waals surface area contributed by atoms with Crippen molar-refractivity contribution >= 4 is 5.69 Å². The second kappa shape index (κ2) is 7.64. The number of rotatable bonds is 7. The van der Waals surface area contributed by atoms with E-state index in [1.807, 2.05) is 0 Å². The van der Waals surface area contributed by atoms with Gasteiger partial charge in [0, 0.05) is 25.8 Å². The lowest BCUT2D eigenvalue weighted by atomic mass is 10.1. The smallest absolute Gasteiger partial charge is 0.374 e. The summed E-state index contributed by atoms with van der Waals surface area (Å²) in [6.45, 7) is 5.15. The average Bonchev–Trinajstić information content (AvgIpc) is 2.35. The lowest BCUT2D eigenvalue weighted by Crippen LogP contribution is -2.26. The van der Waals surface area contributed by atoms with Crippen LogP contribution in [-0.4, -0.2) is 26.3 Å². The lowest BCUT2D eigenvalue weighted by molar-refractivity contribution is -0.132. The molecule has 1 aromatic rings. The molecule has 120 valence electrons. The van der Waals surface area contributed by atoms with Crippen molar-refractivity contribution in [2.45, 2.75) is 33.0 Å².